The smallest absolute Gasteiger partial charge is 0.326 e. The summed E-state index contributed by atoms with van der Waals surface area (Å²) in [5, 5.41) is 11.4. The Hall–Kier alpha value is -1.56. The molecule has 6 nitrogen and oxygen atoms in total. The molecule has 1 heterocycles. The van der Waals surface area contributed by atoms with Crippen molar-refractivity contribution in [3.63, 3.8) is 0 Å². The van der Waals surface area contributed by atoms with Gasteiger partial charge in [0.05, 0.1) is 6.61 Å². The van der Waals surface area contributed by atoms with Gasteiger partial charge in [-0.15, -0.1) is 6.58 Å². The molecule has 2 N–H and O–H groups in total. The summed E-state index contributed by atoms with van der Waals surface area (Å²) < 4.78 is 5.22. The zero-order valence-electron chi connectivity index (χ0n) is 9.72. The zero-order valence-corrected chi connectivity index (χ0v) is 9.72. The Bertz CT molecular complexity index is 285. The number of carbonyl (C=O) groups excluding carboxylic acids is 1. The molecule has 17 heavy (non-hydrogen) atoms. The lowest BCUT2D eigenvalue weighted by atomic mass is 10.2. The average Bonchev–Trinajstić information content (AvgIpc) is 2.56. The molecule has 0 radical (unpaired) electrons. The maximum Gasteiger partial charge on any atom is 0.326 e. The van der Waals surface area contributed by atoms with Gasteiger partial charge in [0.2, 0.25) is 0 Å². The molecule has 1 aliphatic heterocycles. The fraction of sp³-hybridized carbons (Fsp3) is 0.636. The van der Waals surface area contributed by atoms with Crippen LogP contribution in [0.4, 0.5) is 4.79 Å². The van der Waals surface area contributed by atoms with Crippen molar-refractivity contribution in [3.05, 3.63) is 12.7 Å². The first-order valence-electron chi connectivity index (χ1n) is 5.62. The molecule has 0 aromatic carbocycles. The lowest BCUT2D eigenvalue weighted by molar-refractivity contribution is -0.139. The number of carboxylic acids is 1. The molecule has 1 unspecified atom stereocenters. The predicted molar refractivity (Wildman–Crippen MR) is 61.8 cm³/mol. The quantitative estimate of drug-likeness (QED) is 0.701. The van der Waals surface area contributed by atoms with Crippen molar-refractivity contribution in [1.29, 1.82) is 0 Å². The Labute approximate surface area is 100 Å². The van der Waals surface area contributed by atoms with E-state index in [1.54, 1.807) is 4.90 Å². The topological polar surface area (TPSA) is 78.9 Å². The van der Waals surface area contributed by atoms with Crippen molar-refractivity contribution in [3.8, 4) is 0 Å². The molecule has 1 rings (SSSR count). The van der Waals surface area contributed by atoms with E-state index < -0.39 is 12.0 Å². The molecule has 0 spiro atoms. The van der Waals surface area contributed by atoms with Crippen LogP contribution in [0.2, 0.25) is 0 Å². The summed E-state index contributed by atoms with van der Waals surface area (Å²) >= 11 is 0. The van der Waals surface area contributed by atoms with E-state index in [-0.39, 0.29) is 12.5 Å². The van der Waals surface area contributed by atoms with Crippen LogP contribution in [0.5, 0.6) is 0 Å². The van der Waals surface area contributed by atoms with Gasteiger partial charge in [-0.3, -0.25) is 0 Å². The second-order valence-electron chi connectivity index (χ2n) is 3.82. The highest BCUT2D eigenvalue weighted by Gasteiger charge is 2.22. The van der Waals surface area contributed by atoms with Crippen LogP contribution in [0.15, 0.2) is 12.7 Å². The Kier molecular flexibility index (Phi) is 5.48. The Morgan fingerprint density at radius 1 is 1.47 bits per heavy atom. The summed E-state index contributed by atoms with van der Waals surface area (Å²) in [7, 11) is 0. The number of nitrogens with one attached hydrogen (secondary N) is 1. The van der Waals surface area contributed by atoms with Gasteiger partial charge in [-0.05, 0) is 12.8 Å². The first-order chi connectivity index (χ1) is 8.15. The maximum absolute atomic E-state index is 11.8. The van der Waals surface area contributed by atoms with Crippen molar-refractivity contribution >= 4 is 12.0 Å². The third-order valence-corrected chi connectivity index (χ3v) is 2.51. The van der Waals surface area contributed by atoms with Gasteiger partial charge < -0.3 is 20.1 Å². The van der Waals surface area contributed by atoms with Crippen molar-refractivity contribution in [2.24, 2.45) is 0 Å². The second kappa shape index (κ2) is 6.90. The number of hydrogen-bond acceptors (Lipinski definition) is 3. The highest BCUT2D eigenvalue weighted by atomic mass is 16.5. The number of ether oxygens (including phenoxy) is 1. The third kappa shape index (κ3) is 4.44. The average molecular weight is 242 g/mol. The Morgan fingerprint density at radius 2 is 2.24 bits per heavy atom. The number of rotatable bonds is 4. The number of amides is 2. The van der Waals surface area contributed by atoms with E-state index in [9.17, 15) is 9.59 Å². The van der Waals surface area contributed by atoms with E-state index in [4.69, 9.17) is 9.84 Å². The van der Waals surface area contributed by atoms with E-state index in [1.165, 1.54) is 6.08 Å². The molecule has 1 saturated heterocycles. The SMILES string of the molecule is C=CCC(NC(=O)N1CCCOCC1)C(=O)O. The lowest BCUT2D eigenvalue weighted by Crippen LogP contribution is -2.48. The minimum absolute atomic E-state index is 0.214. The standard InChI is InChI=1S/C11H18N2O4/c1-2-4-9(10(14)15)12-11(16)13-5-3-7-17-8-6-13/h2,9H,1,3-8H2,(H,12,16)(H,14,15). The van der Waals surface area contributed by atoms with Gasteiger partial charge in [0, 0.05) is 19.7 Å². The van der Waals surface area contributed by atoms with Crippen LogP contribution in [0.3, 0.4) is 0 Å². The van der Waals surface area contributed by atoms with Gasteiger partial charge in [-0.1, -0.05) is 6.08 Å². The molecule has 0 aromatic rings. The number of aliphatic carboxylic acids is 1. The van der Waals surface area contributed by atoms with Crippen LogP contribution >= 0.6 is 0 Å². The van der Waals surface area contributed by atoms with Crippen LogP contribution < -0.4 is 5.32 Å². The van der Waals surface area contributed by atoms with Gasteiger partial charge in [0.15, 0.2) is 0 Å². The summed E-state index contributed by atoms with van der Waals surface area (Å²) in [6.45, 7) is 5.68. The van der Waals surface area contributed by atoms with Crippen molar-refractivity contribution in [2.45, 2.75) is 18.9 Å². The van der Waals surface area contributed by atoms with Gasteiger partial charge in [0.1, 0.15) is 6.04 Å². The summed E-state index contributed by atoms with van der Waals surface area (Å²) in [4.78, 5) is 24.2. The molecule has 1 atom stereocenters. The highest BCUT2D eigenvalue weighted by Crippen LogP contribution is 2.01. The van der Waals surface area contributed by atoms with Crippen LogP contribution in [0.25, 0.3) is 0 Å². The molecular formula is C11H18N2O4. The number of carboxylic acid groups (broad SMARTS) is 1. The molecular weight excluding hydrogens is 224 g/mol. The molecule has 0 aliphatic carbocycles. The number of hydrogen-bond donors (Lipinski definition) is 2. The minimum atomic E-state index is -1.05. The van der Waals surface area contributed by atoms with E-state index in [2.05, 4.69) is 11.9 Å². The van der Waals surface area contributed by atoms with Crippen molar-refractivity contribution in [2.75, 3.05) is 26.3 Å². The van der Waals surface area contributed by atoms with Crippen LogP contribution in [-0.4, -0.2) is 54.4 Å². The molecule has 0 bridgehead atoms. The maximum atomic E-state index is 11.8. The first kappa shape index (κ1) is 13.5. The summed E-state index contributed by atoms with van der Waals surface area (Å²) in [5.41, 5.74) is 0. The second-order valence-corrected chi connectivity index (χ2v) is 3.82. The minimum Gasteiger partial charge on any atom is -0.480 e. The summed E-state index contributed by atoms with van der Waals surface area (Å²) in [5.74, 6) is -1.05. The molecule has 1 aliphatic rings. The van der Waals surface area contributed by atoms with E-state index in [1.807, 2.05) is 0 Å². The molecule has 0 saturated carbocycles. The first-order valence-corrected chi connectivity index (χ1v) is 5.62. The number of nitrogens with zero attached hydrogens (tertiary/aromatic N) is 1. The van der Waals surface area contributed by atoms with E-state index in [0.29, 0.717) is 26.3 Å². The number of carbonyl (C=O) groups is 2. The molecule has 6 heteroatoms. The van der Waals surface area contributed by atoms with Gasteiger partial charge in [-0.2, -0.15) is 0 Å². The number of urea groups is 1. The zero-order chi connectivity index (χ0) is 12.7. The van der Waals surface area contributed by atoms with Crippen molar-refractivity contribution in [1.82, 2.24) is 10.2 Å². The van der Waals surface area contributed by atoms with Crippen LogP contribution in [0, 0.1) is 0 Å². The molecule has 0 aromatic heterocycles. The van der Waals surface area contributed by atoms with Crippen LogP contribution in [-0.2, 0) is 9.53 Å². The monoisotopic (exact) mass is 242 g/mol. The molecule has 1 fully saturated rings. The largest absolute Gasteiger partial charge is 0.480 e. The van der Waals surface area contributed by atoms with E-state index in [0.717, 1.165) is 6.42 Å². The summed E-state index contributed by atoms with van der Waals surface area (Å²) in [6, 6.07) is -1.27. The van der Waals surface area contributed by atoms with Gasteiger partial charge in [0.25, 0.3) is 0 Å². The normalized spacial score (nSPS) is 18.0. The molecule has 96 valence electrons. The van der Waals surface area contributed by atoms with E-state index >= 15 is 0 Å². The molecule has 2 amide bonds. The Morgan fingerprint density at radius 3 is 2.88 bits per heavy atom. The fourth-order valence-corrected chi connectivity index (χ4v) is 1.58. The fourth-order valence-electron chi connectivity index (χ4n) is 1.58. The Balaban J connectivity index is 2.49. The van der Waals surface area contributed by atoms with Crippen molar-refractivity contribution < 1.29 is 19.4 Å². The van der Waals surface area contributed by atoms with Crippen LogP contribution in [0.1, 0.15) is 12.8 Å². The summed E-state index contributed by atoms with van der Waals surface area (Å²) in [6.07, 6.45) is 2.46. The third-order valence-electron chi connectivity index (χ3n) is 2.51. The van der Waals surface area contributed by atoms with Gasteiger partial charge >= 0.3 is 12.0 Å². The van der Waals surface area contributed by atoms with Gasteiger partial charge in [-0.25, -0.2) is 9.59 Å². The highest BCUT2D eigenvalue weighted by molar-refractivity contribution is 5.82. The lowest BCUT2D eigenvalue weighted by Gasteiger charge is -2.22. The predicted octanol–water partition coefficient (Wildman–Crippen LogP) is 0.448.